The van der Waals surface area contributed by atoms with E-state index in [0.29, 0.717) is 36.8 Å². The van der Waals surface area contributed by atoms with E-state index in [4.69, 9.17) is 19.4 Å². The van der Waals surface area contributed by atoms with Crippen molar-refractivity contribution < 1.29 is 19.4 Å². The molecule has 7 rings (SSSR count). The van der Waals surface area contributed by atoms with Crippen molar-refractivity contribution in [3.8, 4) is 11.5 Å². The van der Waals surface area contributed by atoms with E-state index in [1.807, 2.05) is 48.5 Å². The number of benzene rings is 4. The van der Waals surface area contributed by atoms with Gasteiger partial charge in [0.15, 0.2) is 5.82 Å². The van der Waals surface area contributed by atoms with Crippen molar-refractivity contribution in [3.63, 3.8) is 0 Å². The molecule has 250 valence electrons. The molecule has 1 fully saturated rings. The summed E-state index contributed by atoms with van der Waals surface area (Å²) in [5, 5.41) is 11.0. The summed E-state index contributed by atoms with van der Waals surface area (Å²) in [7, 11) is 3.32. The highest BCUT2D eigenvalue weighted by atomic mass is 16.5. The first kappa shape index (κ1) is 32.2. The molecule has 0 radical (unpaired) electrons. The molecule has 1 N–H and O–H groups in total. The van der Waals surface area contributed by atoms with Crippen LogP contribution in [0, 0.1) is 0 Å². The topological polar surface area (TPSA) is 93.0 Å². The second kappa shape index (κ2) is 14.4. The highest BCUT2D eigenvalue weighted by Crippen LogP contribution is 2.35. The van der Waals surface area contributed by atoms with Gasteiger partial charge in [-0.15, -0.1) is 0 Å². The second-order valence-electron chi connectivity index (χ2n) is 12.7. The Balaban J connectivity index is 1.34. The van der Waals surface area contributed by atoms with Gasteiger partial charge in [0.25, 0.3) is 0 Å². The maximum Gasteiger partial charge on any atom is 0.311 e. The van der Waals surface area contributed by atoms with E-state index in [0.717, 1.165) is 64.2 Å². The van der Waals surface area contributed by atoms with Gasteiger partial charge >= 0.3 is 5.97 Å². The van der Waals surface area contributed by atoms with Crippen LogP contribution in [0.15, 0.2) is 97.1 Å². The SMILES string of the molecule is COc1ccc(CN(Cc2ccc(OC)cc2)c2nc3ccccc3c3c2nc(CC(=O)O)n3Cc2ccc(CN3CCCC3)cc2)cc1. The van der Waals surface area contributed by atoms with E-state index in [1.165, 1.54) is 18.4 Å². The van der Waals surface area contributed by atoms with Crippen LogP contribution in [0.3, 0.4) is 0 Å². The van der Waals surface area contributed by atoms with Crippen molar-refractivity contribution >= 4 is 33.7 Å². The summed E-state index contributed by atoms with van der Waals surface area (Å²) in [5.74, 6) is 1.85. The maximum atomic E-state index is 12.2. The molecule has 49 heavy (non-hydrogen) atoms. The fraction of sp³-hybridized carbons (Fsp3) is 0.275. The average molecular weight is 656 g/mol. The van der Waals surface area contributed by atoms with Gasteiger partial charge in [-0.2, -0.15) is 0 Å². The number of hydrogen-bond donors (Lipinski definition) is 1. The number of fused-ring (bicyclic) bond motifs is 3. The van der Waals surface area contributed by atoms with E-state index in [-0.39, 0.29) is 6.42 Å². The fourth-order valence-electron chi connectivity index (χ4n) is 6.77. The number of methoxy groups -OCH3 is 2. The summed E-state index contributed by atoms with van der Waals surface area (Å²) < 4.78 is 12.9. The number of likely N-dealkylation sites (tertiary alicyclic amines) is 1. The lowest BCUT2D eigenvalue weighted by Gasteiger charge is -2.25. The van der Waals surface area contributed by atoms with Crippen LogP contribution in [0.2, 0.25) is 0 Å². The molecule has 6 aromatic rings. The van der Waals surface area contributed by atoms with Crippen molar-refractivity contribution in [1.29, 1.82) is 0 Å². The Kier molecular flexibility index (Phi) is 9.43. The summed E-state index contributed by atoms with van der Waals surface area (Å²) in [6.07, 6.45) is 2.33. The van der Waals surface area contributed by atoms with Gasteiger partial charge in [0, 0.05) is 31.6 Å². The molecular weight excluding hydrogens is 614 g/mol. The predicted molar refractivity (Wildman–Crippen MR) is 192 cm³/mol. The average Bonchev–Trinajstić information content (AvgIpc) is 3.77. The molecule has 0 spiro atoms. The van der Waals surface area contributed by atoms with Gasteiger partial charge in [0.05, 0.1) is 25.3 Å². The van der Waals surface area contributed by atoms with Gasteiger partial charge in [-0.25, -0.2) is 9.97 Å². The minimum atomic E-state index is -0.926. The quantitative estimate of drug-likeness (QED) is 0.141. The minimum absolute atomic E-state index is 0.202. The first-order valence-electron chi connectivity index (χ1n) is 16.8. The standard InChI is InChI=1S/C40H41N5O4/c1-48-32-17-13-29(14-18-32)25-44(26-30-15-19-33(49-2)20-16-30)40-38-39(34-7-3-4-8-35(34)41-40)45(36(42-38)23-37(46)47)27-31-11-9-28(10-12-31)24-43-21-5-6-22-43/h3-4,7-20H,5-6,21-27H2,1-2H3,(H,46,47). The number of pyridine rings is 1. The molecule has 0 bridgehead atoms. The number of carboxylic acids is 1. The van der Waals surface area contributed by atoms with Crippen LogP contribution in [0.1, 0.15) is 40.9 Å². The molecule has 0 amide bonds. The summed E-state index contributed by atoms with van der Waals surface area (Å²) in [4.78, 5) is 27.2. The van der Waals surface area contributed by atoms with Gasteiger partial charge in [-0.05, 0) is 78.5 Å². The molecule has 1 aliphatic heterocycles. The first-order valence-corrected chi connectivity index (χ1v) is 16.8. The lowest BCUT2D eigenvalue weighted by atomic mass is 10.1. The van der Waals surface area contributed by atoms with Crippen molar-refractivity contribution in [3.05, 3.63) is 125 Å². The van der Waals surface area contributed by atoms with Crippen molar-refractivity contribution in [2.45, 2.75) is 45.4 Å². The zero-order valence-corrected chi connectivity index (χ0v) is 28.0. The Hall–Kier alpha value is -5.41. The third kappa shape index (κ3) is 7.22. The summed E-state index contributed by atoms with van der Waals surface area (Å²) in [5.41, 5.74) is 6.93. The lowest BCUT2D eigenvalue weighted by Crippen LogP contribution is -2.23. The summed E-state index contributed by atoms with van der Waals surface area (Å²) >= 11 is 0. The number of para-hydroxylation sites is 1. The van der Waals surface area contributed by atoms with Gasteiger partial charge in [0.2, 0.25) is 0 Å². The molecule has 9 nitrogen and oxygen atoms in total. The third-order valence-electron chi connectivity index (χ3n) is 9.29. The van der Waals surface area contributed by atoms with Gasteiger partial charge in [-0.1, -0.05) is 66.7 Å². The molecule has 0 atom stereocenters. The number of rotatable bonds is 13. The number of hydrogen-bond acceptors (Lipinski definition) is 7. The Labute approximate surface area is 286 Å². The molecule has 9 heteroatoms. The van der Waals surface area contributed by atoms with Crippen LogP contribution in [0.25, 0.3) is 21.9 Å². The Morgan fingerprint density at radius 2 is 1.29 bits per heavy atom. The maximum absolute atomic E-state index is 12.2. The summed E-state index contributed by atoms with van der Waals surface area (Å²) in [6.45, 7) is 4.85. The van der Waals surface area contributed by atoms with Gasteiger partial charge in [0.1, 0.15) is 29.3 Å². The molecule has 1 saturated heterocycles. The Morgan fingerprint density at radius 3 is 1.86 bits per heavy atom. The number of anilines is 1. The zero-order valence-electron chi connectivity index (χ0n) is 28.0. The van der Waals surface area contributed by atoms with E-state index in [1.54, 1.807) is 14.2 Å². The molecule has 3 heterocycles. The Bertz CT molecular complexity index is 2000. The van der Waals surface area contributed by atoms with Crippen molar-refractivity contribution in [1.82, 2.24) is 19.4 Å². The summed E-state index contributed by atoms with van der Waals surface area (Å²) in [6, 6.07) is 32.8. The molecule has 0 aliphatic carbocycles. The molecule has 4 aromatic carbocycles. The minimum Gasteiger partial charge on any atom is -0.497 e. The van der Waals surface area contributed by atoms with Gasteiger partial charge < -0.3 is 24.0 Å². The molecular formula is C40H41N5O4. The smallest absolute Gasteiger partial charge is 0.311 e. The number of carbonyl (C=O) groups is 1. The Morgan fingerprint density at radius 1 is 0.735 bits per heavy atom. The number of nitrogens with zero attached hydrogens (tertiary/aromatic N) is 5. The number of ether oxygens (including phenoxy) is 2. The highest BCUT2D eigenvalue weighted by Gasteiger charge is 2.24. The number of carboxylic acid groups (broad SMARTS) is 1. The molecule has 1 aliphatic rings. The van der Waals surface area contributed by atoms with E-state index in [2.05, 4.69) is 62.9 Å². The predicted octanol–water partition coefficient (Wildman–Crippen LogP) is 7.08. The molecule has 0 saturated carbocycles. The largest absolute Gasteiger partial charge is 0.497 e. The van der Waals surface area contributed by atoms with E-state index in [9.17, 15) is 9.90 Å². The molecule has 2 aromatic heterocycles. The van der Waals surface area contributed by atoms with Crippen molar-refractivity contribution in [2.24, 2.45) is 0 Å². The highest BCUT2D eigenvalue weighted by molar-refractivity contribution is 6.07. The van der Waals surface area contributed by atoms with E-state index < -0.39 is 5.97 Å². The lowest BCUT2D eigenvalue weighted by molar-refractivity contribution is -0.136. The van der Waals surface area contributed by atoms with Crippen LogP contribution < -0.4 is 14.4 Å². The van der Waals surface area contributed by atoms with Crippen LogP contribution in [0.5, 0.6) is 11.5 Å². The molecule has 0 unspecified atom stereocenters. The zero-order chi connectivity index (χ0) is 33.7. The van der Waals surface area contributed by atoms with Crippen LogP contribution >= 0.6 is 0 Å². The number of imidazole rings is 1. The van der Waals surface area contributed by atoms with Crippen LogP contribution in [-0.4, -0.2) is 57.8 Å². The van der Waals surface area contributed by atoms with E-state index >= 15 is 0 Å². The van der Waals surface area contributed by atoms with Crippen LogP contribution in [-0.2, 0) is 37.4 Å². The first-order chi connectivity index (χ1) is 24.0. The number of aliphatic carboxylic acids is 1. The number of aromatic nitrogens is 3. The normalized spacial score (nSPS) is 13.3. The monoisotopic (exact) mass is 655 g/mol. The van der Waals surface area contributed by atoms with Gasteiger partial charge in [-0.3, -0.25) is 9.69 Å². The third-order valence-corrected chi connectivity index (χ3v) is 9.29. The van der Waals surface area contributed by atoms with Crippen molar-refractivity contribution in [2.75, 3.05) is 32.2 Å². The fourth-order valence-corrected chi connectivity index (χ4v) is 6.77. The second-order valence-corrected chi connectivity index (χ2v) is 12.7. The van der Waals surface area contributed by atoms with Crippen LogP contribution in [0.4, 0.5) is 5.82 Å².